The van der Waals surface area contributed by atoms with Gasteiger partial charge in [0, 0.05) is 18.1 Å². The average Bonchev–Trinajstić information content (AvgIpc) is 2.57. The van der Waals surface area contributed by atoms with E-state index in [4.69, 9.17) is 4.74 Å². The third-order valence-electron chi connectivity index (χ3n) is 2.38. The number of ether oxygens (including phenoxy) is 1. The first-order chi connectivity index (χ1) is 11.2. The van der Waals surface area contributed by atoms with Crippen LogP contribution in [0.15, 0.2) is 53.8 Å². The van der Waals surface area contributed by atoms with Gasteiger partial charge in [-0.1, -0.05) is 6.07 Å². The summed E-state index contributed by atoms with van der Waals surface area (Å²) in [6.45, 7) is 0. The minimum atomic E-state index is 0.391. The van der Waals surface area contributed by atoms with Gasteiger partial charge in [-0.25, -0.2) is 0 Å². The van der Waals surface area contributed by atoms with Gasteiger partial charge in [0.15, 0.2) is 12.2 Å². The van der Waals surface area contributed by atoms with E-state index in [0.717, 1.165) is 30.3 Å². The van der Waals surface area contributed by atoms with E-state index >= 15 is 0 Å². The van der Waals surface area contributed by atoms with Crippen molar-refractivity contribution in [2.75, 3.05) is 12.4 Å². The number of hydrogen-bond donors (Lipinski definition) is 1. The van der Waals surface area contributed by atoms with Gasteiger partial charge < -0.3 is 20.6 Å². The number of anilines is 1. The van der Waals surface area contributed by atoms with Crippen molar-refractivity contribution in [3.63, 3.8) is 0 Å². The Hall–Kier alpha value is -1.37. The number of aromatic nitrogens is 1. The molecule has 2 rings (SSSR count). The monoisotopic (exact) mass is 419 g/mol. The number of nitrogens with one attached hydrogen (secondary N) is 1. The Labute approximate surface area is 155 Å². The summed E-state index contributed by atoms with van der Waals surface area (Å²) in [5, 5.41) is 7.30. The molecular formula is C14H14Cl2CuN4OS. The van der Waals surface area contributed by atoms with Crippen LogP contribution in [0.25, 0.3) is 5.43 Å². The van der Waals surface area contributed by atoms with Crippen LogP contribution in [0.5, 0.6) is 5.75 Å². The van der Waals surface area contributed by atoms with Gasteiger partial charge in [0.2, 0.25) is 5.11 Å². The third kappa shape index (κ3) is 8.73. The summed E-state index contributed by atoms with van der Waals surface area (Å²) in [6, 6.07) is 13.0. The molecule has 5 nitrogen and oxygen atoms in total. The van der Waals surface area contributed by atoms with Crippen molar-refractivity contribution in [1.82, 2.24) is 4.98 Å². The molecule has 1 aromatic heterocycles. The SMILES string of the molecule is COc1ccc(NC(=[SH+])[N-]N=Cc2ccccn2)cc1.[Cl][Cu][Cl]. The van der Waals surface area contributed by atoms with E-state index in [2.05, 4.69) is 53.2 Å². The van der Waals surface area contributed by atoms with Crippen molar-refractivity contribution in [2.45, 2.75) is 0 Å². The van der Waals surface area contributed by atoms with Gasteiger partial charge in [0.1, 0.15) is 5.75 Å². The maximum absolute atomic E-state index is 5.08. The number of halogens is 2. The summed E-state index contributed by atoms with van der Waals surface area (Å²) in [4.78, 5) is 4.10. The quantitative estimate of drug-likeness (QED) is 0.205. The average molecular weight is 421 g/mol. The van der Waals surface area contributed by atoms with Crippen LogP contribution < -0.4 is 10.1 Å². The molecule has 0 radical (unpaired) electrons. The molecule has 0 fully saturated rings. The van der Waals surface area contributed by atoms with E-state index in [1.54, 1.807) is 19.5 Å². The number of rotatable bonds is 4. The molecule has 1 aromatic carbocycles. The summed E-state index contributed by atoms with van der Waals surface area (Å²) in [5.74, 6) is 0.793. The third-order valence-corrected chi connectivity index (χ3v) is 2.58. The fourth-order valence-corrected chi connectivity index (χ4v) is 1.60. The van der Waals surface area contributed by atoms with Crippen molar-refractivity contribution in [3.05, 3.63) is 59.8 Å². The molecule has 0 spiro atoms. The van der Waals surface area contributed by atoms with Crippen LogP contribution in [-0.2, 0) is 25.4 Å². The van der Waals surface area contributed by atoms with Gasteiger partial charge in [-0.3, -0.25) is 4.98 Å². The zero-order chi connectivity index (χ0) is 16.9. The van der Waals surface area contributed by atoms with Gasteiger partial charge in [-0.05, 0) is 36.4 Å². The summed E-state index contributed by atoms with van der Waals surface area (Å²) in [5.41, 5.74) is 5.52. The van der Waals surface area contributed by atoms with E-state index in [1.165, 1.54) is 0 Å². The van der Waals surface area contributed by atoms with Gasteiger partial charge in [0.05, 0.1) is 12.8 Å². The van der Waals surface area contributed by atoms with Crippen LogP contribution in [0, 0.1) is 0 Å². The van der Waals surface area contributed by atoms with Crippen LogP contribution in [0.2, 0.25) is 0 Å². The number of nitrogens with zero attached hydrogens (tertiary/aromatic N) is 3. The summed E-state index contributed by atoms with van der Waals surface area (Å²) in [7, 11) is 11.0. The second-order valence-electron chi connectivity index (χ2n) is 3.82. The molecule has 1 heterocycles. The van der Waals surface area contributed by atoms with E-state index in [0.29, 0.717) is 5.11 Å². The molecule has 0 aliphatic heterocycles. The molecule has 127 valence electrons. The molecule has 0 amide bonds. The van der Waals surface area contributed by atoms with Crippen LogP contribution in [0.4, 0.5) is 5.69 Å². The summed E-state index contributed by atoms with van der Waals surface area (Å²) >= 11 is 4.97. The number of methoxy groups -OCH3 is 1. The number of hydrogen-bond acceptors (Lipinski definition) is 3. The number of pyridine rings is 1. The molecule has 1 N–H and O–H groups in total. The van der Waals surface area contributed by atoms with Crippen molar-refractivity contribution < 1.29 is 17.9 Å². The topological polar surface area (TPSA) is 60.6 Å². The molecule has 0 saturated carbocycles. The minimum absolute atomic E-state index is 0.391. The van der Waals surface area contributed by atoms with Gasteiger partial charge in [-0.15, -0.1) is 0 Å². The molecule has 9 heteroatoms. The van der Waals surface area contributed by atoms with Crippen LogP contribution in [0.3, 0.4) is 0 Å². The first-order valence-corrected chi connectivity index (χ1v) is 9.16. The van der Waals surface area contributed by atoms with Crippen LogP contribution >= 0.6 is 20.2 Å². The molecule has 0 aliphatic carbocycles. The zero-order valence-corrected chi connectivity index (χ0v) is 15.3. The first kappa shape index (κ1) is 19.7. The standard InChI is InChI=1S/C14H14N4OS.2ClH.Cu/c1-19-13-7-5-11(6-8-13)17-14(20)18-16-10-12-4-2-3-9-15-12;;;/h2-10H,1H3,(H2,15,17,18,20);2*1H;/q;;;+2/p-2. The summed E-state index contributed by atoms with van der Waals surface area (Å²) in [6.07, 6.45) is 3.26. The second-order valence-corrected chi connectivity index (χ2v) is 5.80. The van der Waals surface area contributed by atoms with E-state index in [1.807, 2.05) is 42.5 Å². The van der Waals surface area contributed by atoms with Crippen molar-refractivity contribution >= 4 is 49.4 Å². The van der Waals surface area contributed by atoms with Gasteiger partial charge in [0.25, 0.3) is 0 Å². The molecule has 0 atom stereocenters. The Bertz CT molecular complexity index is 614. The molecule has 2 aromatic rings. The Kier molecular flexibility index (Phi) is 10.4. The Balaban J connectivity index is 0.000000816. The van der Waals surface area contributed by atoms with E-state index < -0.39 is 0 Å². The Morgan fingerprint density at radius 2 is 2.00 bits per heavy atom. The predicted molar refractivity (Wildman–Crippen MR) is 97.3 cm³/mol. The van der Waals surface area contributed by atoms with E-state index in [9.17, 15) is 0 Å². The van der Waals surface area contributed by atoms with Crippen LogP contribution in [0.1, 0.15) is 5.69 Å². The molecular weight excluding hydrogens is 407 g/mol. The summed E-state index contributed by atoms with van der Waals surface area (Å²) < 4.78 is 5.08. The van der Waals surface area contributed by atoms with Gasteiger partial charge in [-0.2, -0.15) is 0 Å². The van der Waals surface area contributed by atoms with Crippen LogP contribution in [-0.4, -0.2) is 23.4 Å². The molecule has 0 unspecified atom stereocenters. The Morgan fingerprint density at radius 3 is 2.57 bits per heavy atom. The first-order valence-electron chi connectivity index (χ1n) is 6.13. The van der Waals surface area contributed by atoms with Crippen molar-refractivity contribution in [3.8, 4) is 5.75 Å². The molecule has 0 bridgehead atoms. The normalized spacial score (nSPS) is 9.87. The second kappa shape index (κ2) is 12.1. The van der Waals surface area contributed by atoms with E-state index in [-0.39, 0.29) is 0 Å². The van der Waals surface area contributed by atoms with Crippen molar-refractivity contribution in [1.29, 1.82) is 0 Å². The molecule has 0 saturated heterocycles. The zero-order valence-electron chi connectivity index (χ0n) is 12.0. The fraction of sp³-hybridized carbons (Fsp3) is 0.0714. The number of benzene rings is 1. The molecule has 23 heavy (non-hydrogen) atoms. The predicted octanol–water partition coefficient (Wildman–Crippen LogP) is 3.65. The maximum atomic E-state index is 5.08. The fourth-order valence-electron chi connectivity index (χ4n) is 1.42. The Morgan fingerprint density at radius 1 is 1.30 bits per heavy atom. The van der Waals surface area contributed by atoms with Crippen molar-refractivity contribution in [2.24, 2.45) is 5.10 Å². The molecule has 0 aliphatic rings. The number of thiol groups is 1. The van der Waals surface area contributed by atoms with Gasteiger partial charge >= 0.3 is 33.3 Å².